The number of nitrogens with zero attached hydrogens (tertiary/aromatic N) is 2. The van der Waals surface area contributed by atoms with E-state index in [2.05, 4.69) is 15.2 Å². The van der Waals surface area contributed by atoms with Gasteiger partial charge in [0, 0.05) is 18.5 Å². The Kier molecular flexibility index (Phi) is 5.05. The van der Waals surface area contributed by atoms with E-state index in [9.17, 15) is 13.2 Å². The average molecular weight is 325 g/mol. The zero-order valence-corrected chi connectivity index (χ0v) is 14.1. The Labute approximate surface area is 131 Å². The highest BCUT2D eigenvalue weighted by atomic mass is 32.2. The van der Waals surface area contributed by atoms with Crippen LogP contribution in [-0.4, -0.2) is 43.4 Å². The monoisotopic (exact) mass is 325 g/mol. The number of pyridine rings is 1. The number of carbonyl (C=O) groups is 1. The van der Waals surface area contributed by atoms with Crippen molar-refractivity contribution in [3.8, 4) is 0 Å². The first-order chi connectivity index (χ1) is 10.3. The molecule has 1 fully saturated rings. The minimum absolute atomic E-state index is 0.00732. The third-order valence-corrected chi connectivity index (χ3v) is 5.60. The molecule has 1 amide bonds. The summed E-state index contributed by atoms with van der Waals surface area (Å²) in [7, 11) is -2.91. The van der Waals surface area contributed by atoms with Gasteiger partial charge in [0.2, 0.25) is 5.91 Å². The van der Waals surface area contributed by atoms with Gasteiger partial charge in [0.05, 0.1) is 23.4 Å². The summed E-state index contributed by atoms with van der Waals surface area (Å²) in [6.07, 6.45) is 2.34. The number of anilines is 2. The summed E-state index contributed by atoms with van der Waals surface area (Å²) in [5.74, 6) is 0.793. The maximum absolute atomic E-state index is 11.6. The zero-order chi connectivity index (χ0) is 16.3. The molecule has 1 N–H and O–H groups in total. The first-order valence-electron chi connectivity index (χ1n) is 7.56. The summed E-state index contributed by atoms with van der Waals surface area (Å²) in [4.78, 5) is 18.0. The second-order valence-electron chi connectivity index (χ2n) is 5.89. The van der Waals surface area contributed by atoms with Crippen molar-refractivity contribution in [2.24, 2.45) is 5.92 Å². The molecule has 1 aliphatic heterocycles. The molecule has 6 nitrogen and oxygen atoms in total. The Morgan fingerprint density at radius 1 is 1.45 bits per heavy atom. The van der Waals surface area contributed by atoms with Crippen LogP contribution in [0.1, 0.15) is 27.2 Å². The fourth-order valence-electron chi connectivity index (χ4n) is 2.57. The lowest BCUT2D eigenvalue weighted by molar-refractivity contribution is -0.118. The predicted molar refractivity (Wildman–Crippen MR) is 87.8 cm³/mol. The summed E-state index contributed by atoms with van der Waals surface area (Å²) < 4.78 is 23.3. The van der Waals surface area contributed by atoms with E-state index in [0.29, 0.717) is 12.2 Å². The molecule has 2 heterocycles. The van der Waals surface area contributed by atoms with E-state index in [1.807, 2.05) is 26.8 Å². The van der Waals surface area contributed by atoms with E-state index in [1.54, 1.807) is 12.3 Å². The molecule has 0 aliphatic carbocycles. The minimum atomic E-state index is -2.91. The van der Waals surface area contributed by atoms with Crippen LogP contribution in [0.5, 0.6) is 0 Å². The smallest absolute Gasteiger partial charge is 0.228 e. The van der Waals surface area contributed by atoms with Crippen molar-refractivity contribution in [3.05, 3.63) is 18.3 Å². The van der Waals surface area contributed by atoms with Gasteiger partial charge < -0.3 is 10.2 Å². The van der Waals surface area contributed by atoms with Crippen molar-refractivity contribution in [1.82, 2.24) is 4.98 Å². The van der Waals surface area contributed by atoms with Crippen molar-refractivity contribution >= 4 is 27.2 Å². The Bertz CT molecular complexity index is 626. The molecule has 2 rings (SSSR count). The van der Waals surface area contributed by atoms with Gasteiger partial charge in [-0.25, -0.2) is 13.4 Å². The lowest BCUT2D eigenvalue weighted by Crippen LogP contribution is -2.36. The van der Waals surface area contributed by atoms with E-state index in [-0.39, 0.29) is 29.4 Å². The quantitative estimate of drug-likeness (QED) is 0.891. The molecule has 0 radical (unpaired) electrons. The van der Waals surface area contributed by atoms with Crippen molar-refractivity contribution in [3.63, 3.8) is 0 Å². The van der Waals surface area contributed by atoms with Crippen LogP contribution in [0.4, 0.5) is 11.5 Å². The predicted octanol–water partition coefficient (Wildman–Crippen LogP) is 1.69. The number of amides is 1. The van der Waals surface area contributed by atoms with E-state index < -0.39 is 9.84 Å². The van der Waals surface area contributed by atoms with E-state index >= 15 is 0 Å². The number of rotatable bonds is 5. The molecule has 0 saturated carbocycles. The Hall–Kier alpha value is -1.63. The number of hydrogen-bond acceptors (Lipinski definition) is 5. The molecule has 1 atom stereocenters. The summed E-state index contributed by atoms with van der Waals surface area (Å²) in [5, 5.41) is 2.74. The third-order valence-electron chi connectivity index (χ3n) is 3.85. The van der Waals surface area contributed by atoms with Crippen LogP contribution in [-0.2, 0) is 14.6 Å². The van der Waals surface area contributed by atoms with Gasteiger partial charge in [-0.3, -0.25) is 4.79 Å². The topological polar surface area (TPSA) is 79.4 Å². The van der Waals surface area contributed by atoms with Crippen LogP contribution in [0.2, 0.25) is 0 Å². The van der Waals surface area contributed by atoms with Gasteiger partial charge in [-0.2, -0.15) is 0 Å². The lowest BCUT2D eigenvalue weighted by Gasteiger charge is -2.28. The van der Waals surface area contributed by atoms with E-state index in [1.165, 1.54) is 0 Å². The van der Waals surface area contributed by atoms with Crippen LogP contribution in [0, 0.1) is 5.92 Å². The first kappa shape index (κ1) is 16.7. The van der Waals surface area contributed by atoms with Crippen LogP contribution in [0.3, 0.4) is 0 Å². The Morgan fingerprint density at radius 3 is 2.64 bits per heavy atom. The van der Waals surface area contributed by atoms with Crippen molar-refractivity contribution in [1.29, 1.82) is 0 Å². The van der Waals surface area contributed by atoms with Crippen LogP contribution in [0.25, 0.3) is 0 Å². The summed E-state index contributed by atoms with van der Waals surface area (Å²) in [5.41, 5.74) is 0.882. The molecule has 7 heteroatoms. The molecular formula is C15H23N3O3S. The van der Waals surface area contributed by atoms with Gasteiger partial charge in [-0.15, -0.1) is 0 Å². The molecule has 22 heavy (non-hydrogen) atoms. The van der Waals surface area contributed by atoms with E-state index in [0.717, 1.165) is 12.2 Å². The van der Waals surface area contributed by atoms with Crippen LogP contribution >= 0.6 is 0 Å². The van der Waals surface area contributed by atoms with Crippen LogP contribution in [0.15, 0.2) is 18.3 Å². The lowest BCUT2D eigenvalue weighted by atomic mass is 10.2. The molecule has 1 aliphatic rings. The molecule has 122 valence electrons. The largest absolute Gasteiger partial charge is 0.367 e. The molecule has 0 bridgehead atoms. The molecule has 1 aromatic heterocycles. The minimum Gasteiger partial charge on any atom is -0.367 e. The van der Waals surface area contributed by atoms with Gasteiger partial charge in [0.15, 0.2) is 9.84 Å². The number of hydrogen-bond donors (Lipinski definition) is 1. The van der Waals surface area contributed by atoms with Crippen molar-refractivity contribution in [2.75, 3.05) is 28.3 Å². The Morgan fingerprint density at radius 2 is 2.18 bits per heavy atom. The fraction of sp³-hybridized carbons (Fsp3) is 0.600. The highest BCUT2D eigenvalue weighted by Crippen LogP contribution is 2.24. The van der Waals surface area contributed by atoms with Crippen LogP contribution < -0.4 is 10.2 Å². The normalized spacial score (nSPS) is 20.1. The number of carbonyl (C=O) groups excluding carboxylic acids is 1. The van der Waals surface area contributed by atoms with Gasteiger partial charge in [0.25, 0.3) is 0 Å². The maximum atomic E-state index is 11.6. The van der Waals surface area contributed by atoms with Gasteiger partial charge in [-0.1, -0.05) is 13.8 Å². The Balaban J connectivity index is 2.09. The summed E-state index contributed by atoms with van der Waals surface area (Å²) in [6.45, 7) is 6.37. The van der Waals surface area contributed by atoms with Gasteiger partial charge in [-0.05, 0) is 25.5 Å². The zero-order valence-electron chi connectivity index (χ0n) is 13.2. The van der Waals surface area contributed by atoms with Crippen molar-refractivity contribution in [2.45, 2.75) is 33.2 Å². The molecule has 1 unspecified atom stereocenters. The standard InChI is InChI=1S/C15H23N3O3S/c1-4-18(13-7-8-22(20,21)10-13)12-5-6-14(16-9-12)17-15(19)11(2)3/h5-6,9,11,13H,4,7-8,10H2,1-3H3,(H,16,17,19). The number of nitrogens with one attached hydrogen (secondary N) is 1. The second kappa shape index (κ2) is 6.64. The first-order valence-corrected chi connectivity index (χ1v) is 9.38. The summed E-state index contributed by atoms with van der Waals surface area (Å²) >= 11 is 0. The number of aromatic nitrogens is 1. The highest BCUT2D eigenvalue weighted by Gasteiger charge is 2.31. The third kappa shape index (κ3) is 3.97. The average Bonchev–Trinajstić information content (AvgIpc) is 2.81. The van der Waals surface area contributed by atoms with Gasteiger partial charge >= 0.3 is 0 Å². The van der Waals surface area contributed by atoms with Gasteiger partial charge in [0.1, 0.15) is 5.82 Å². The molecule has 0 spiro atoms. The molecule has 0 aromatic carbocycles. The molecule has 1 aromatic rings. The van der Waals surface area contributed by atoms with Crippen molar-refractivity contribution < 1.29 is 13.2 Å². The molecular weight excluding hydrogens is 302 g/mol. The highest BCUT2D eigenvalue weighted by molar-refractivity contribution is 7.91. The van der Waals surface area contributed by atoms with E-state index in [4.69, 9.17) is 0 Å². The second-order valence-corrected chi connectivity index (χ2v) is 8.12. The molecule has 1 saturated heterocycles. The SMILES string of the molecule is CCN(c1ccc(NC(=O)C(C)C)nc1)C1CCS(=O)(=O)C1. The fourth-order valence-corrected chi connectivity index (χ4v) is 4.30. The summed E-state index contributed by atoms with van der Waals surface area (Å²) in [6, 6.07) is 3.63. The number of sulfone groups is 1. The maximum Gasteiger partial charge on any atom is 0.228 e.